The van der Waals surface area contributed by atoms with Gasteiger partial charge in [0.15, 0.2) is 0 Å². The Morgan fingerprint density at radius 1 is 1.67 bits per heavy atom. The number of nitrogens with zero attached hydrogens (tertiary/aromatic N) is 2. The molecule has 1 aromatic heterocycles. The summed E-state index contributed by atoms with van der Waals surface area (Å²) in [6.45, 7) is 2.19. The summed E-state index contributed by atoms with van der Waals surface area (Å²) in [5, 5.41) is 0. The number of ether oxygens (including phenoxy) is 2. The highest BCUT2D eigenvalue weighted by Gasteiger charge is 2.17. The first-order chi connectivity index (χ1) is 7.25. The van der Waals surface area contributed by atoms with Gasteiger partial charge in [0.25, 0.3) is 0 Å². The Kier molecular flexibility index (Phi) is 3.37. The van der Waals surface area contributed by atoms with Gasteiger partial charge in [0.2, 0.25) is 11.8 Å². The molecule has 0 bridgehead atoms. The highest BCUT2D eigenvalue weighted by atomic mass is 79.9. The van der Waals surface area contributed by atoms with Crippen molar-refractivity contribution in [3.05, 3.63) is 10.7 Å². The number of aromatic nitrogens is 2. The molecule has 15 heavy (non-hydrogen) atoms. The van der Waals surface area contributed by atoms with Crippen LogP contribution < -0.4 is 10.5 Å². The van der Waals surface area contributed by atoms with E-state index in [-0.39, 0.29) is 5.95 Å². The van der Waals surface area contributed by atoms with Crippen molar-refractivity contribution in [3.8, 4) is 5.88 Å². The van der Waals surface area contributed by atoms with E-state index in [0.29, 0.717) is 18.4 Å². The van der Waals surface area contributed by atoms with E-state index in [2.05, 4.69) is 25.9 Å². The van der Waals surface area contributed by atoms with Crippen LogP contribution in [-0.4, -0.2) is 29.8 Å². The van der Waals surface area contributed by atoms with Crippen LogP contribution in [0.2, 0.25) is 0 Å². The SMILES string of the molecule is Nc1ncc(Br)c(OCC2CCOC2)n1. The maximum atomic E-state index is 5.54. The van der Waals surface area contributed by atoms with Crippen LogP contribution in [0.25, 0.3) is 0 Å². The molecule has 1 fully saturated rings. The van der Waals surface area contributed by atoms with Crippen LogP contribution in [0.1, 0.15) is 6.42 Å². The fourth-order valence-corrected chi connectivity index (χ4v) is 1.68. The smallest absolute Gasteiger partial charge is 0.232 e. The third-order valence-corrected chi connectivity index (χ3v) is 2.75. The van der Waals surface area contributed by atoms with Gasteiger partial charge >= 0.3 is 0 Å². The van der Waals surface area contributed by atoms with Gasteiger partial charge in [0, 0.05) is 12.5 Å². The van der Waals surface area contributed by atoms with E-state index in [4.69, 9.17) is 15.2 Å². The second kappa shape index (κ2) is 4.76. The quantitative estimate of drug-likeness (QED) is 0.897. The van der Waals surface area contributed by atoms with Crippen LogP contribution in [0.15, 0.2) is 10.7 Å². The molecule has 2 heterocycles. The van der Waals surface area contributed by atoms with E-state index in [1.807, 2.05) is 0 Å². The van der Waals surface area contributed by atoms with Gasteiger partial charge in [-0.3, -0.25) is 0 Å². The molecule has 1 aromatic rings. The zero-order chi connectivity index (χ0) is 10.7. The van der Waals surface area contributed by atoms with E-state index < -0.39 is 0 Å². The lowest BCUT2D eigenvalue weighted by Crippen LogP contribution is -2.13. The molecule has 82 valence electrons. The monoisotopic (exact) mass is 273 g/mol. The van der Waals surface area contributed by atoms with E-state index in [1.54, 1.807) is 6.20 Å². The predicted molar refractivity (Wildman–Crippen MR) is 58.6 cm³/mol. The van der Waals surface area contributed by atoms with Crippen molar-refractivity contribution in [2.45, 2.75) is 6.42 Å². The maximum absolute atomic E-state index is 5.54. The van der Waals surface area contributed by atoms with Crippen LogP contribution in [-0.2, 0) is 4.74 Å². The highest BCUT2D eigenvalue weighted by Crippen LogP contribution is 2.23. The first-order valence-corrected chi connectivity index (χ1v) is 5.53. The van der Waals surface area contributed by atoms with Gasteiger partial charge in [-0.25, -0.2) is 4.98 Å². The van der Waals surface area contributed by atoms with Gasteiger partial charge in [-0.1, -0.05) is 0 Å². The zero-order valence-electron chi connectivity index (χ0n) is 8.15. The molecular weight excluding hydrogens is 262 g/mol. The van der Waals surface area contributed by atoms with Gasteiger partial charge in [0.1, 0.15) is 0 Å². The Bertz CT molecular complexity index is 342. The van der Waals surface area contributed by atoms with Crippen molar-refractivity contribution in [2.75, 3.05) is 25.6 Å². The molecule has 2 N–H and O–H groups in total. The normalized spacial score (nSPS) is 20.5. The number of halogens is 1. The van der Waals surface area contributed by atoms with E-state index in [0.717, 1.165) is 24.1 Å². The Labute approximate surface area is 96.1 Å². The summed E-state index contributed by atoms with van der Waals surface area (Å²) in [4.78, 5) is 7.82. The molecule has 1 aliphatic rings. The molecule has 1 atom stereocenters. The van der Waals surface area contributed by atoms with E-state index >= 15 is 0 Å². The summed E-state index contributed by atoms with van der Waals surface area (Å²) in [7, 11) is 0. The van der Waals surface area contributed by atoms with Crippen LogP contribution >= 0.6 is 15.9 Å². The van der Waals surface area contributed by atoms with Crippen LogP contribution in [0.5, 0.6) is 5.88 Å². The van der Waals surface area contributed by atoms with Crippen LogP contribution in [0, 0.1) is 5.92 Å². The summed E-state index contributed by atoms with van der Waals surface area (Å²) in [6, 6.07) is 0. The number of anilines is 1. The topological polar surface area (TPSA) is 70.3 Å². The molecule has 1 unspecified atom stereocenters. The fourth-order valence-electron chi connectivity index (χ4n) is 1.38. The van der Waals surface area contributed by atoms with Crippen molar-refractivity contribution in [1.82, 2.24) is 9.97 Å². The second-order valence-electron chi connectivity index (χ2n) is 3.42. The Hall–Kier alpha value is -0.880. The van der Waals surface area contributed by atoms with Crippen molar-refractivity contribution in [1.29, 1.82) is 0 Å². The first-order valence-electron chi connectivity index (χ1n) is 4.74. The molecule has 0 radical (unpaired) electrons. The molecule has 6 heteroatoms. The van der Waals surface area contributed by atoms with E-state index in [9.17, 15) is 0 Å². The molecule has 0 spiro atoms. The number of nitrogens with two attached hydrogens (primary N) is 1. The number of rotatable bonds is 3. The predicted octanol–water partition coefficient (Wildman–Crippen LogP) is 1.24. The summed E-state index contributed by atoms with van der Waals surface area (Å²) in [6.07, 6.45) is 2.63. The standard InChI is InChI=1S/C9H12BrN3O2/c10-7-3-12-9(11)13-8(7)15-5-6-1-2-14-4-6/h3,6H,1-2,4-5H2,(H2,11,12,13). The number of hydrogen-bond acceptors (Lipinski definition) is 5. The minimum Gasteiger partial charge on any atom is -0.476 e. The lowest BCUT2D eigenvalue weighted by Gasteiger charge is -2.10. The summed E-state index contributed by atoms with van der Waals surface area (Å²) in [5.41, 5.74) is 5.46. The van der Waals surface area contributed by atoms with Gasteiger partial charge < -0.3 is 15.2 Å². The minimum absolute atomic E-state index is 0.218. The fraction of sp³-hybridized carbons (Fsp3) is 0.556. The summed E-state index contributed by atoms with van der Waals surface area (Å²) in [5.74, 6) is 1.17. The highest BCUT2D eigenvalue weighted by molar-refractivity contribution is 9.10. The van der Waals surface area contributed by atoms with Gasteiger partial charge in [0.05, 0.1) is 23.9 Å². The second-order valence-corrected chi connectivity index (χ2v) is 4.28. The lowest BCUT2D eigenvalue weighted by molar-refractivity contribution is 0.165. The largest absolute Gasteiger partial charge is 0.476 e. The van der Waals surface area contributed by atoms with Crippen LogP contribution in [0.3, 0.4) is 0 Å². The van der Waals surface area contributed by atoms with Crippen molar-refractivity contribution in [3.63, 3.8) is 0 Å². The molecule has 5 nitrogen and oxygen atoms in total. The van der Waals surface area contributed by atoms with Crippen LogP contribution in [0.4, 0.5) is 5.95 Å². The Morgan fingerprint density at radius 2 is 2.53 bits per heavy atom. The van der Waals surface area contributed by atoms with Crippen molar-refractivity contribution < 1.29 is 9.47 Å². The molecule has 0 aliphatic carbocycles. The minimum atomic E-state index is 0.218. The molecule has 0 saturated carbocycles. The third kappa shape index (κ3) is 2.79. The molecule has 1 saturated heterocycles. The van der Waals surface area contributed by atoms with Crippen molar-refractivity contribution in [2.24, 2.45) is 5.92 Å². The zero-order valence-corrected chi connectivity index (χ0v) is 9.74. The van der Waals surface area contributed by atoms with Gasteiger partial charge in [-0.2, -0.15) is 4.98 Å². The molecule has 0 aromatic carbocycles. The molecular formula is C9H12BrN3O2. The Balaban J connectivity index is 1.94. The average molecular weight is 274 g/mol. The summed E-state index contributed by atoms with van der Waals surface area (Å²) >= 11 is 3.30. The molecule has 0 amide bonds. The molecule has 1 aliphatic heterocycles. The average Bonchev–Trinajstić information content (AvgIpc) is 2.72. The van der Waals surface area contributed by atoms with Gasteiger partial charge in [-0.15, -0.1) is 0 Å². The first kappa shape index (κ1) is 10.6. The summed E-state index contributed by atoms with van der Waals surface area (Å²) < 4.78 is 11.5. The van der Waals surface area contributed by atoms with Gasteiger partial charge in [-0.05, 0) is 22.4 Å². The Morgan fingerprint density at radius 3 is 3.27 bits per heavy atom. The number of hydrogen-bond donors (Lipinski definition) is 1. The lowest BCUT2D eigenvalue weighted by atomic mass is 10.1. The number of nitrogen functional groups attached to an aromatic ring is 1. The molecule has 2 rings (SSSR count). The third-order valence-electron chi connectivity index (χ3n) is 2.21. The maximum Gasteiger partial charge on any atom is 0.232 e. The van der Waals surface area contributed by atoms with E-state index in [1.165, 1.54) is 0 Å². The van der Waals surface area contributed by atoms with Crippen molar-refractivity contribution >= 4 is 21.9 Å².